The number of carbonyl (C=O) groups excluding carboxylic acids is 1. The lowest BCUT2D eigenvalue weighted by atomic mass is 10.0. The molecule has 0 aliphatic rings. The molecule has 0 unspecified atom stereocenters. The van der Waals surface area contributed by atoms with Crippen LogP contribution in [0.1, 0.15) is 10.4 Å². The molecule has 28 heavy (non-hydrogen) atoms. The van der Waals surface area contributed by atoms with Crippen LogP contribution in [0.15, 0.2) is 77.7 Å². The Morgan fingerprint density at radius 1 is 0.929 bits per heavy atom. The lowest BCUT2D eigenvalue weighted by Crippen LogP contribution is -2.11. The van der Waals surface area contributed by atoms with E-state index in [0.29, 0.717) is 20.9 Å². The number of carbonyl (C=O) groups is 1. The van der Waals surface area contributed by atoms with Gasteiger partial charge in [0.2, 0.25) is 10.0 Å². The van der Waals surface area contributed by atoms with E-state index in [1.54, 1.807) is 18.2 Å². The predicted octanol–water partition coefficient (Wildman–Crippen LogP) is 3.86. The molecule has 0 aliphatic carbocycles. The third kappa shape index (κ3) is 3.79. The zero-order valence-electron chi connectivity index (χ0n) is 14.5. The van der Waals surface area contributed by atoms with E-state index in [1.807, 2.05) is 42.5 Å². The van der Waals surface area contributed by atoms with Gasteiger partial charge in [0.1, 0.15) is 0 Å². The van der Waals surface area contributed by atoms with E-state index in [-0.39, 0.29) is 10.8 Å². The first-order valence-corrected chi connectivity index (χ1v) is 10.7. The van der Waals surface area contributed by atoms with Crippen molar-refractivity contribution in [2.24, 2.45) is 5.14 Å². The number of nitrogens with zero attached hydrogens (tertiary/aromatic N) is 1. The van der Waals surface area contributed by atoms with Gasteiger partial charge in [0.05, 0.1) is 15.1 Å². The Balaban J connectivity index is 1.55. The van der Waals surface area contributed by atoms with Crippen molar-refractivity contribution in [3.63, 3.8) is 0 Å². The summed E-state index contributed by atoms with van der Waals surface area (Å²) in [6, 6.07) is 21.6. The van der Waals surface area contributed by atoms with Gasteiger partial charge in [-0.15, -0.1) is 0 Å². The number of sulfonamides is 1. The maximum atomic E-state index is 12.5. The lowest BCUT2D eigenvalue weighted by molar-refractivity contribution is 0.102. The number of rotatable bonds is 4. The molecule has 3 aromatic carbocycles. The number of hydrogen-bond acceptors (Lipinski definition) is 5. The van der Waals surface area contributed by atoms with Gasteiger partial charge in [0.15, 0.2) is 5.13 Å². The molecule has 0 radical (unpaired) electrons. The van der Waals surface area contributed by atoms with Gasteiger partial charge in [-0.1, -0.05) is 53.8 Å². The van der Waals surface area contributed by atoms with E-state index in [9.17, 15) is 13.2 Å². The van der Waals surface area contributed by atoms with Crippen LogP contribution in [-0.2, 0) is 10.0 Å². The molecule has 4 aromatic rings. The number of hydrogen-bond donors (Lipinski definition) is 2. The highest BCUT2D eigenvalue weighted by Crippen LogP contribution is 2.28. The molecule has 140 valence electrons. The Kier molecular flexibility index (Phi) is 4.68. The van der Waals surface area contributed by atoms with Crippen molar-refractivity contribution >= 4 is 42.6 Å². The second kappa shape index (κ2) is 7.16. The van der Waals surface area contributed by atoms with Crippen molar-refractivity contribution in [3.05, 3.63) is 78.4 Å². The van der Waals surface area contributed by atoms with Gasteiger partial charge in [0, 0.05) is 5.56 Å². The third-order valence-electron chi connectivity index (χ3n) is 4.16. The molecule has 0 aliphatic heterocycles. The van der Waals surface area contributed by atoms with E-state index in [1.165, 1.54) is 23.5 Å². The molecule has 8 heteroatoms. The Labute approximate surface area is 165 Å². The van der Waals surface area contributed by atoms with E-state index < -0.39 is 10.0 Å². The van der Waals surface area contributed by atoms with E-state index in [0.717, 1.165) is 11.1 Å². The maximum absolute atomic E-state index is 12.5. The monoisotopic (exact) mass is 409 g/mol. The molecule has 3 N–H and O–H groups in total. The number of benzene rings is 3. The molecule has 0 bridgehead atoms. The van der Waals surface area contributed by atoms with Crippen LogP contribution < -0.4 is 10.5 Å². The van der Waals surface area contributed by atoms with E-state index >= 15 is 0 Å². The van der Waals surface area contributed by atoms with Crippen LogP contribution in [0.25, 0.3) is 21.3 Å². The SMILES string of the molecule is NS(=O)(=O)c1ccc2nc(NC(=O)c3ccc(-c4ccccc4)cc3)sc2c1. The number of amides is 1. The van der Waals surface area contributed by atoms with Crippen LogP contribution in [0.3, 0.4) is 0 Å². The first-order chi connectivity index (χ1) is 13.4. The number of nitrogens with two attached hydrogens (primary N) is 1. The van der Waals surface area contributed by atoms with E-state index in [2.05, 4.69) is 10.3 Å². The third-order valence-corrected chi connectivity index (χ3v) is 6.01. The van der Waals surface area contributed by atoms with Gasteiger partial charge in [-0.25, -0.2) is 18.5 Å². The predicted molar refractivity (Wildman–Crippen MR) is 111 cm³/mol. The molecule has 1 amide bonds. The smallest absolute Gasteiger partial charge is 0.257 e. The van der Waals surface area contributed by atoms with Crippen molar-refractivity contribution in [1.82, 2.24) is 4.98 Å². The van der Waals surface area contributed by atoms with Gasteiger partial charge < -0.3 is 0 Å². The molecule has 1 aromatic heterocycles. The summed E-state index contributed by atoms with van der Waals surface area (Å²) < 4.78 is 23.6. The minimum atomic E-state index is -3.79. The molecule has 1 heterocycles. The molecule has 0 saturated heterocycles. The van der Waals surface area contributed by atoms with Gasteiger partial charge in [-0.3, -0.25) is 10.1 Å². The number of thiazole rings is 1. The zero-order valence-corrected chi connectivity index (χ0v) is 16.1. The maximum Gasteiger partial charge on any atom is 0.257 e. The fraction of sp³-hybridized carbons (Fsp3) is 0. The lowest BCUT2D eigenvalue weighted by Gasteiger charge is -2.04. The Morgan fingerprint density at radius 2 is 1.61 bits per heavy atom. The standard InChI is InChI=1S/C20H15N3O3S2/c21-28(25,26)16-10-11-17-18(12-16)27-20(22-17)23-19(24)15-8-6-14(7-9-15)13-4-2-1-3-5-13/h1-12H,(H2,21,25,26)(H,22,23,24). The summed E-state index contributed by atoms with van der Waals surface area (Å²) in [5.41, 5.74) is 3.19. The quantitative estimate of drug-likeness (QED) is 0.534. The highest BCUT2D eigenvalue weighted by molar-refractivity contribution is 7.89. The number of anilines is 1. The van der Waals surface area contributed by atoms with Crippen molar-refractivity contribution in [2.45, 2.75) is 4.90 Å². The number of nitrogens with one attached hydrogen (secondary N) is 1. The highest BCUT2D eigenvalue weighted by atomic mass is 32.2. The largest absolute Gasteiger partial charge is 0.298 e. The normalized spacial score (nSPS) is 11.5. The summed E-state index contributed by atoms with van der Waals surface area (Å²) >= 11 is 1.19. The topological polar surface area (TPSA) is 102 Å². The Hall–Kier alpha value is -3.07. The zero-order chi connectivity index (χ0) is 19.7. The minimum absolute atomic E-state index is 0.0121. The van der Waals surface area contributed by atoms with E-state index in [4.69, 9.17) is 5.14 Å². The summed E-state index contributed by atoms with van der Waals surface area (Å²) in [6.07, 6.45) is 0. The second-order valence-electron chi connectivity index (χ2n) is 6.09. The van der Waals surface area contributed by atoms with Crippen LogP contribution in [0, 0.1) is 0 Å². The molecule has 0 saturated carbocycles. The number of primary sulfonamides is 1. The van der Waals surface area contributed by atoms with Crippen LogP contribution in [0.4, 0.5) is 5.13 Å². The molecule has 0 atom stereocenters. The first-order valence-electron chi connectivity index (χ1n) is 8.30. The van der Waals surface area contributed by atoms with Gasteiger partial charge in [0.25, 0.3) is 5.91 Å². The van der Waals surface area contributed by atoms with Crippen LogP contribution in [-0.4, -0.2) is 19.3 Å². The highest BCUT2D eigenvalue weighted by Gasteiger charge is 2.13. The average molecular weight is 409 g/mol. The Morgan fingerprint density at radius 3 is 2.29 bits per heavy atom. The molecule has 6 nitrogen and oxygen atoms in total. The molecule has 0 spiro atoms. The average Bonchev–Trinajstić information content (AvgIpc) is 3.09. The van der Waals surface area contributed by atoms with Crippen LogP contribution >= 0.6 is 11.3 Å². The van der Waals surface area contributed by atoms with Gasteiger partial charge >= 0.3 is 0 Å². The van der Waals surface area contributed by atoms with Gasteiger partial charge in [-0.2, -0.15) is 0 Å². The second-order valence-corrected chi connectivity index (χ2v) is 8.68. The summed E-state index contributed by atoms with van der Waals surface area (Å²) in [4.78, 5) is 16.8. The molecule has 4 rings (SSSR count). The molecular formula is C20H15N3O3S2. The van der Waals surface area contributed by atoms with Crippen molar-refractivity contribution in [2.75, 3.05) is 5.32 Å². The number of fused-ring (bicyclic) bond motifs is 1. The van der Waals surface area contributed by atoms with Crippen molar-refractivity contribution in [1.29, 1.82) is 0 Å². The summed E-state index contributed by atoms with van der Waals surface area (Å²) in [7, 11) is -3.79. The number of aromatic nitrogens is 1. The van der Waals surface area contributed by atoms with Crippen molar-refractivity contribution in [3.8, 4) is 11.1 Å². The van der Waals surface area contributed by atoms with Gasteiger partial charge in [-0.05, 0) is 41.5 Å². The minimum Gasteiger partial charge on any atom is -0.298 e. The fourth-order valence-electron chi connectivity index (χ4n) is 2.75. The Bertz CT molecular complexity index is 1270. The van der Waals surface area contributed by atoms with Crippen LogP contribution in [0.2, 0.25) is 0 Å². The van der Waals surface area contributed by atoms with Crippen LogP contribution in [0.5, 0.6) is 0 Å². The molecule has 0 fully saturated rings. The fourth-order valence-corrected chi connectivity index (χ4v) is 4.26. The molecular weight excluding hydrogens is 394 g/mol. The summed E-state index contributed by atoms with van der Waals surface area (Å²) in [5, 5.41) is 8.29. The summed E-state index contributed by atoms with van der Waals surface area (Å²) in [5.74, 6) is -0.287. The first kappa shape index (κ1) is 18.3. The van der Waals surface area contributed by atoms with Crippen molar-refractivity contribution < 1.29 is 13.2 Å². The summed E-state index contributed by atoms with van der Waals surface area (Å²) in [6.45, 7) is 0.